The summed E-state index contributed by atoms with van der Waals surface area (Å²) in [6.07, 6.45) is 0.348. The van der Waals surface area contributed by atoms with E-state index >= 15 is 0 Å². The molecule has 0 fully saturated rings. The normalized spacial score (nSPS) is 11.7. The largest absolute Gasteiger partial charge is 0.466 e. The SMILES string of the molecule is CCOC(=O)CCC(=NOC(C)=O)c1ccc2c(c1)c1cc(C(=O)c3cccc4ccccc34)ccc1n2CC. The highest BCUT2D eigenvalue weighted by molar-refractivity contribution is 6.19. The fraction of sp³-hybridized carbons (Fsp3) is 0.212. The van der Waals surface area contributed by atoms with Gasteiger partial charge in [0.25, 0.3) is 0 Å². The molecule has 0 aliphatic heterocycles. The molecule has 7 heteroatoms. The van der Waals surface area contributed by atoms with E-state index in [1.807, 2.05) is 78.9 Å². The Morgan fingerprint density at radius 1 is 0.775 bits per heavy atom. The zero-order chi connectivity index (χ0) is 28.2. The summed E-state index contributed by atoms with van der Waals surface area (Å²) in [4.78, 5) is 42.2. The van der Waals surface area contributed by atoms with Crippen LogP contribution < -0.4 is 0 Å². The Hall–Kier alpha value is -4.78. The lowest BCUT2D eigenvalue weighted by atomic mass is 9.96. The van der Waals surface area contributed by atoms with Crippen LogP contribution in [0.2, 0.25) is 0 Å². The lowest BCUT2D eigenvalue weighted by Gasteiger charge is -2.08. The molecule has 1 aromatic heterocycles. The third kappa shape index (κ3) is 5.23. The van der Waals surface area contributed by atoms with E-state index in [-0.39, 0.29) is 31.2 Å². The van der Waals surface area contributed by atoms with Gasteiger partial charge in [-0.05, 0) is 55.0 Å². The van der Waals surface area contributed by atoms with Crippen molar-refractivity contribution in [1.82, 2.24) is 4.57 Å². The lowest BCUT2D eigenvalue weighted by Crippen LogP contribution is -2.10. The van der Waals surface area contributed by atoms with Gasteiger partial charge >= 0.3 is 11.9 Å². The number of hydrogen-bond donors (Lipinski definition) is 0. The molecule has 0 N–H and O–H groups in total. The van der Waals surface area contributed by atoms with Crippen LogP contribution in [-0.2, 0) is 25.7 Å². The van der Waals surface area contributed by atoms with Gasteiger partial charge in [0.2, 0.25) is 0 Å². The summed E-state index contributed by atoms with van der Waals surface area (Å²) in [7, 11) is 0. The molecule has 5 aromatic rings. The second-order valence-corrected chi connectivity index (χ2v) is 9.49. The van der Waals surface area contributed by atoms with Crippen molar-refractivity contribution >= 4 is 56.0 Å². The van der Waals surface area contributed by atoms with Crippen LogP contribution in [0, 0.1) is 0 Å². The Morgan fingerprint density at radius 3 is 2.15 bits per heavy atom. The maximum absolute atomic E-state index is 13.7. The minimum absolute atomic E-state index is 0.0428. The summed E-state index contributed by atoms with van der Waals surface area (Å²) in [6.45, 7) is 6.14. The monoisotopic (exact) mass is 534 g/mol. The number of benzene rings is 4. The number of carbonyl (C=O) groups excluding carboxylic acids is 3. The minimum atomic E-state index is -0.547. The predicted molar refractivity (Wildman–Crippen MR) is 157 cm³/mol. The number of esters is 1. The highest BCUT2D eigenvalue weighted by Gasteiger charge is 2.18. The first-order chi connectivity index (χ1) is 19.4. The Balaban J connectivity index is 1.61. The third-order valence-electron chi connectivity index (χ3n) is 6.97. The number of rotatable bonds is 9. The van der Waals surface area contributed by atoms with Crippen LogP contribution in [0.15, 0.2) is 84.0 Å². The van der Waals surface area contributed by atoms with E-state index in [0.29, 0.717) is 16.8 Å². The molecule has 40 heavy (non-hydrogen) atoms. The standard InChI is InChI=1S/C33H30N2O5/c1-4-35-30-16-13-23(29(34-40-21(3)36)15-18-32(37)39-5-2)19-27(30)28-20-24(14-17-31(28)35)33(38)26-12-8-10-22-9-6-7-11-25(22)26/h6-14,16-17,19-20H,4-5,15,18H2,1-3H3. The summed E-state index contributed by atoms with van der Waals surface area (Å²) in [5.41, 5.74) is 4.46. The summed E-state index contributed by atoms with van der Waals surface area (Å²) in [5, 5.41) is 7.86. The molecule has 0 aliphatic carbocycles. The molecule has 1 heterocycles. The molecule has 202 valence electrons. The van der Waals surface area contributed by atoms with E-state index in [4.69, 9.17) is 9.57 Å². The zero-order valence-electron chi connectivity index (χ0n) is 22.8. The molecule has 0 saturated heterocycles. The molecule has 0 unspecified atom stereocenters. The van der Waals surface area contributed by atoms with Gasteiger partial charge in [-0.15, -0.1) is 0 Å². The summed E-state index contributed by atoms with van der Waals surface area (Å²) >= 11 is 0. The summed E-state index contributed by atoms with van der Waals surface area (Å²) < 4.78 is 7.26. The molecule has 7 nitrogen and oxygen atoms in total. The topological polar surface area (TPSA) is 87.0 Å². The summed E-state index contributed by atoms with van der Waals surface area (Å²) in [5.74, 6) is -0.939. The lowest BCUT2D eigenvalue weighted by molar-refractivity contribution is -0.143. The van der Waals surface area contributed by atoms with Gasteiger partial charge in [0.05, 0.1) is 18.7 Å². The number of oxime groups is 1. The van der Waals surface area contributed by atoms with Crippen molar-refractivity contribution in [2.45, 2.75) is 40.2 Å². The molecule has 4 aromatic carbocycles. The van der Waals surface area contributed by atoms with Crippen LogP contribution in [0.25, 0.3) is 32.6 Å². The first-order valence-electron chi connectivity index (χ1n) is 13.4. The maximum Gasteiger partial charge on any atom is 0.331 e. The Morgan fingerprint density at radius 2 is 1.45 bits per heavy atom. The molecule has 0 amide bonds. The number of nitrogens with zero attached hydrogens (tertiary/aromatic N) is 2. The van der Waals surface area contributed by atoms with Crippen molar-refractivity contribution in [1.29, 1.82) is 0 Å². The zero-order valence-corrected chi connectivity index (χ0v) is 22.8. The second kappa shape index (κ2) is 11.5. The molecular formula is C33H30N2O5. The predicted octanol–water partition coefficient (Wildman–Crippen LogP) is 6.81. The van der Waals surface area contributed by atoms with Gasteiger partial charge in [-0.25, -0.2) is 4.79 Å². The highest BCUT2D eigenvalue weighted by Crippen LogP contribution is 2.32. The number of ketones is 1. The van der Waals surface area contributed by atoms with Crippen molar-refractivity contribution in [3.8, 4) is 0 Å². The van der Waals surface area contributed by atoms with Crippen LogP contribution in [0.3, 0.4) is 0 Å². The van der Waals surface area contributed by atoms with Gasteiger partial charge in [0.1, 0.15) is 0 Å². The van der Waals surface area contributed by atoms with Crippen LogP contribution in [0.1, 0.15) is 55.1 Å². The molecule has 0 aliphatic rings. The molecule has 0 saturated carbocycles. The molecule has 0 bridgehead atoms. The van der Waals surface area contributed by atoms with Crippen LogP contribution in [-0.4, -0.2) is 34.6 Å². The van der Waals surface area contributed by atoms with Crippen molar-refractivity contribution in [3.63, 3.8) is 0 Å². The molecular weight excluding hydrogens is 504 g/mol. The number of aromatic nitrogens is 1. The number of hydrogen-bond acceptors (Lipinski definition) is 6. The van der Waals surface area contributed by atoms with E-state index in [9.17, 15) is 14.4 Å². The van der Waals surface area contributed by atoms with Gasteiger partial charge in [-0.2, -0.15) is 0 Å². The summed E-state index contributed by atoms with van der Waals surface area (Å²) in [6, 6.07) is 25.3. The maximum atomic E-state index is 13.7. The average molecular weight is 535 g/mol. The van der Waals surface area contributed by atoms with Crippen molar-refractivity contribution in [2.75, 3.05) is 6.61 Å². The Bertz CT molecular complexity index is 1790. The Kier molecular flexibility index (Phi) is 7.73. The number of fused-ring (bicyclic) bond motifs is 4. The number of ether oxygens (including phenoxy) is 1. The molecule has 0 radical (unpaired) electrons. The fourth-order valence-corrected chi connectivity index (χ4v) is 5.16. The minimum Gasteiger partial charge on any atom is -0.466 e. The van der Waals surface area contributed by atoms with E-state index < -0.39 is 5.97 Å². The van der Waals surface area contributed by atoms with Crippen molar-refractivity contribution < 1.29 is 24.0 Å². The Labute approximate surface area is 232 Å². The van der Waals surface area contributed by atoms with E-state index in [1.165, 1.54) is 6.92 Å². The van der Waals surface area contributed by atoms with Crippen LogP contribution >= 0.6 is 0 Å². The van der Waals surface area contributed by atoms with Crippen LogP contribution in [0.5, 0.6) is 0 Å². The van der Waals surface area contributed by atoms with Gasteiger partial charge in [0, 0.05) is 58.4 Å². The van der Waals surface area contributed by atoms with E-state index in [1.54, 1.807) is 6.92 Å². The van der Waals surface area contributed by atoms with Gasteiger partial charge in [-0.1, -0.05) is 53.7 Å². The van der Waals surface area contributed by atoms with Gasteiger partial charge in [0.15, 0.2) is 5.78 Å². The van der Waals surface area contributed by atoms with Crippen LogP contribution in [0.4, 0.5) is 0 Å². The number of carbonyl (C=O) groups is 3. The third-order valence-corrected chi connectivity index (χ3v) is 6.97. The molecule has 0 atom stereocenters. The average Bonchev–Trinajstić information content (AvgIpc) is 3.28. The quantitative estimate of drug-likeness (QED) is 0.0682. The van der Waals surface area contributed by atoms with Crippen molar-refractivity contribution in [3.05, 3.63) is 95.6 Å². The van der Waals surface area contributed by atoms with Gasteiger partial charge < -0.3 is 14.1 Å². The van der Waals surface area contributed by atoms with Crippen molar-refractivity contribution in [2.24, 2.45) is 5.16 Å². The molecule has 0 spiro atoms. The smallest absolute Gasteiger partial charge is 0.331 e. The van der Waals surface area contributed by atoms with E-state index in [2.05, 4.69) is 16.6 Å². The molecule has 5 rings (SSSR count). The highest BCUT2D eigenvalue weighted by atomic mass is 16.7. The second-order valence-electron chi connectivity index (χ2n) is 9.49. The fourth-order valence-electron chi connectivity index (χ4n) is 5.16. The van der Waals surface area contributed by atoms with E-state index in [0.717, 1.165) is 44.7 Å². The number of aryl methyl sites for hydroxylation is 1. The first-order valence-corrected chi connectivity index (χ1v) is 13.4. The van der Waals surface area contributed by atoms with Gasteiger partial charge in [-0.3, -0.25) is 9.59 Å². The first kappa shape index (κ1) is 26.8.